The van der Waals surface area contributed by atoms with E-state index in [1.807, 2.05) is 72.1 Å². The predicted octanol–water partition coefficient (Wildman–Crippen LogP) is 5.52. The van der Waals surface area contributed by atoms with Gasteiger partial charge in [0.1, 0.15) is 5.01 Å². The molecule has 1 amide bonds. The molecule has 0 spiro atoms. The van der Waals surface area contributed by atoms with Crippen LogP contribution in [0.2, 0.25) is 0 Å². The number of nitrogens with one attached hydrogen (secondary N) is 1. The Hall–Kier alpha value is -3.57. The lowest BCUT2D eigenvalue weighted by Crippen LogP contribution is -2.07. The van der Waals surface area contributed by atoms with Gasteiger partial charge in [-0.05, 0) is 35.9 Å². The van der Waals surface area contributed by atoms with E-state index in [1.54, 1.807) is 29.8 Å². The molecule has 136 valence electrons. The van der Waals surface area contributed by atoms with E-state index in [1.165, 1.54) is 6.08 Å². The van der Waals surface area contributed by atoms with Crippen LogP contribution in [0.5, 0.6) is 0 Å². The van der Waals surface area contributed by atoms with Crippen molar-refractivity contribution in [2.24, 2.45) is 0 Å². The second-order valence-electron chi connectivity index (χ2n) is 6.09. The topological polar surface area (TPSA) is 54.9 Å². The number of nitrogens with zero attached hydrogens (tertiary/aromatic N) is 2. The highest BCUT2D eigenvalue weighted by Crippen LogP contribution is 2.29. The molecule has 0 saturated carbocycles. The minimum Gasteiger partial charge on any atom is -0.322 e. The maximum Gasteiger partial charge on any atom is 0.248 e. The number of pyridine rings is 1. The summed E-state index contributed by atoms with van der Waals surface area (Å²) in [5.41, 5.74) is 4.54. The van der Waals surface area contributed by atoms with Crippen molar-refractivity contribution in [1.82, 2.24) is 9.97 Å². The monoisotopic (exact) mass is 383 g/mol. The number of aromatic nitrogens is 2. The Labute approximate surface area is 167 Å². The Bertz CT molecular complexity index is 1100. The minimum atomic E-state index is -0.171. The van der Waals surface area contributed by atoms with E-state index in [4.69, 9.17) is 4.98 Å². The molecule has 0 fully saturated rings. The van der Waals surface area contributed by atoms with Crippen LogP contribution in [-0.2, 0) is 4.79 Å². The maximum absolute atomic E-state index is 12.2. The van der Waals surface area contributed by atoms with Gasteiger partial charge in [-0.15, -0.1) is 11.3 Å². The normalized spacial score (nSPS) is 10.9. The zero-order chi connectivity index (χ0) is 19.2. The first-order valence-corrected chi connectivity index (χ1v) is 9.66. The van der Waals surface area contributed by atoms with Crippen LogP contribution in [0.25, 0.3) is 27.9 Å². The van der Waals surface area contributed by atoms with Crippen LogP contribution in [-0.4, -0.2) is 15.9 Å². The van der Waals surface area contributed by atoms with E-state index in [0.29, 0.717) is 0 Å². The first-order valence-electron chi connectivity index (χ1n) is 8.78. The molecule has 0 atom stereocenters. The molecule has 1 N–H and O–H groups in total. The van der Waals surface area contributed by atoms with Crippen LogP contribution in [0, 0.1) is 0 Å². The molecule has 4 nitrogen and oxygen atoms in total. The van der Waals surface area contributed by atoms with Crippen LogP contribution < -0.4 is 5.32 Å². The summed E-state index contributed by atoms with van der Waals surface area (Å²) >= 11 is 1.57. The van der Waals surface area contributed by atoms with Crippen LogP contribution in [0.3, 0.4) is 0 Å². The van der Waals surface area contributed by atoms with Gasteiger partial charge in [0.05, 0.1) is 5.69 Å². The summed E-state index contributed by atoms with van der Waals surface area (Å²) in [5, 5.41) is 5.83. The molecule has 5 heteroatoms. The second kappa shape index (κ2) is 8.41. The van der Waals surface area contributed by atoms with Crippen LogP contribution in [0.15, 0.2) is 90.6 Å². The lowest BCUT2D eigenvalue weighted by atomic mass is 10.1. The fourth-order valence-corrected chi connectivity index (χ4v) is 3.52. The van der Waals surface area contributed by atoms with Crippen molar-refractivity contribution in [3.05, 3.63) is 96.1 Å². The van der Waals surface area contributed by atoms with Crippen LogP contribution >= 0.6 is 11.3 Å². The van der Waals surface area contributed by atoms with Gasteiger partial charge >= 0.3 is 0 Å². The molecule has 0 bridgehead atoms. The van der Waals surface area contributed by atoms with E-state index >= 15 is 0 Å². The number of hydrogen-bond donors (Lipinski definition) is 1. The highest BCUT2D eigenvalue weighted by atomic mass is 32.1. The van der Waals surface area contributed by atoms with Gasteiger partial charge in [0.25, 0.3) is 0 Å². The van der Waals surface area contributed by atoms with Gasteiger partial charge in [-0.1, -0.05) is 42.5 Å². The first-order chi connectivity index (χ1) is 13.8. The molecular formula is C23H17N3OS. The van der Waals surface area contributed by atoms with Gasteiger partial charge in [-0.2, -0.15) is 0 Å². The van der Waals surface area contributed by atoms with Crippen molar-refractivity contribution in [1.29, 1.82) is 0 Å². The summed E-state index contributed by atoms with van der Waals surface area (Å²) in [6, 6.07) is 21.3. The van der Waals surface area contributed by atoms with Gasteiger partial charge in [0, 0.05) is 40.7 Å². The van der Waals surface area contributed by atoms with Gasteiger partial charge in [0.15, 0.2) is 0 Å². The van der Waals surface area contributed by atoms with E-state index in [9.17, 15) is 4.79 Å². The molecule has 0 radical (unpaired) electrons. The van der Waals surface area contributed by atoms with Crippen molar-refractivity contribution in [2.75, 3.05) is 5.32 Å². The summed E-state index contributed by atoms with van der Waals surface area (Å²) in [5.74, 6) is -0.171. The highest BCUT2D eigenvalue weighted by molar-refractivity contribution is 7.13. The maximum atomic E-state index is 12.2. The predicted molar refractivity (Wildman–Crippen MR) is 115 cm³/mol. The Morgan fingerprint density at radius 1 is 0.964 bits per heavy atom. The van der Waals surface area contributed by atoms with Gasteiger partial charge in [0.2, 0.25) is 5.91 Å². The summed E-state index contributed by atoms with van der Waals surface area (Å²) in [7, 11) is 0. The average molecular weight is 383 g/mol. The molecule has 0 aliphatic heterocycles. The minimum absolute atomic E-state index is 0.171. The van der Waals surface area contributed by atoms with Crippen LogP contribution in [0.1, 0.15) is 5.56 Å². The average Bonchev–Trinajstić information content (AvgIpc) is 3.24. The zero-order valence-electron chi connectivity index (χ0n) is 14.9. The third kappa shape index (κ3) is 4.39. The van der Waals surface area contributed by atoms with E-state index in [2.05, 4.69) is 10.3 Å². The molecule has 0 aliphatic rings. The third-order valence-corrected chi connectivity index (χ3v) is 4.96. The molecule has 2 heterocycles. The Balaban J connectivity index is 1.48. The number of rotatable bonds is 5. The molecule has 0 saturated heterocycles. The van der Waals surface area contributed by atoms with E-state index < -0.39 is 0 Å². The molecule has 4 rings (SSSR count). The summed E-state index contributed by atoms with van der Waals surface area (Å²) in [6.07, 6.45) is 6.87. The largest absolute Gasteiger partial charge is 0.322 e. The number of carbonyl (C=O) groups is 1. The van der Waals surface area contributed by atoms with Gasteiger partial charge in [-0.3, -0.25) is 9.78 Å². The van der Waals surface area contributed by atoms with Crippen molar-refractivity contribution in [2.45, 2.75) is 0 Å². The van der Waals surface area contributed by atoms with Crippen molar-refractivity contribution in [3.63, 3.8) is 0 Å². The van der Waals surface area contributed by atoms with Crippen LogP contribution in [0.4, 0.5) is 5.69 Å². The molecule has 0 aliphatic carbocycles. The SMILES string of the molecule is O=C(/C=C/c1ccccc1)Nc1cccc(-c2csc(-c3cccnc3)n2)c1. The Morgan fingerprint density at radius 2 is 1.82 bits per heavy atom. The van der Waals surface area contributed by atoms with Crippen molar-refractivity contribution < 1.29 is 4.79 Å². The quantitative estimate of drug-likeness (QED) is 0.461. The smallest absolute Gasteiger partial charge is 0.248 e. The third-order valence-electron chi connectivity index (χ3n) is 4.07. The van der Waals surface area contributed by atoms with E-state index in [0.717, 1.165) is 33.1 Å². The first kappa shape index (κ1) is 17.8. The van der Waals surface area contributed by atoms with Gasteiger partial charge in [-0.25, -0.2) is 4.98 Å². The summed E-state index contributed by atoms with van der Waals surface area (Å²) < 4.78 is 0. The lowest BCUT2D eigenvalue weighted by Gasteiger charge is -2.04. The number of carbonyl (C=O) groups excluding carboxylic acids is 1. The number of anilines is 1. The summed E-state index contributed by atoms with van der Waals surface area (Å²) in [4.78, 5) is 21.0. The number of benzene rings is 2. The number of amides is 1. The lowest BCUT2D eigenvalue weighted by molar-refractivity contribution is -0.111. The fourth-order valence-electron chi connectivity index (χ4n) is 2.70. The molecule has 2 aromatic carbocycles. The van der Waals surface area contributed by atoms with Crippen molar-refractivity contribution in [3.8, 4) is 21.8 Å². The molecular weight excluding hydrogens is 366 g/mol. The molecule has 2 aromatic heterocycles. The molecule has 4 aromatic rings. The van der Waals surface area contributed by atoms with Gasteiger partial charge < -0.3 is 5.32 Å². The standard InChI is InChI=1S/C23H17N3OS/c27-22(12-11-17-6-2-1-3-7-17)25-20-10-4-8-18(14-20)21-16-28-23(26-21)19-9-5-13-24-15-19/h1-16H,(H,25,27)/b12-11+. The Morgan fingerprint density at radius 3 is 2.64 bits per heavy atom. The fraction of sp³-hybridized carbons (Fsp3) is 0. The molecule has 28 heavy (non-hydrogen) atoms. The van der Waals surface area contributed by atoms with Crippen molar-refractivity contribution >= 4 is 29.0 Å². The second-order valence-corrected chi connectivity index (χ2v) is 6.95. The highest BCUT2D eigenvalue weighted by Gasteiger charge is 2.08. The molecule has 0 unspecified atom stereocenters. The Kier molecular flexibility index (Phi) is 5.36. The van der Waals surface area contributed by atoms with E-state index in [-0.39, 0.29) is 5.91 Å². The number of hydrogen-bond acceptors (Lipinski definition) is 4. The number of thiazole rings is 1. The summed E-state index contributed by atoms with van der Waals surface area (Å²) in [6.45, 7) is 0. The zero-order valence-corrected chi connectivity index (χ0v) is 15.8.